The summed E-state index contributed by atoms with van der Waals surface area (Å²) in [5.74, 6) is -0.0859. The number of hydrogen-bond acceptors (Lipinski definition) is 3. The summed E-state index contributed by atoms with van der Waals surface area (Å²) < 4.78 is 0. The quantitative estimate of drug-likeness (QED) is 0.795. The van der Waals surface area contributed by atoms with Gasteiger partial charge in [-0.05, 0) is 38.4 Å². The van der Waals surface area contributed by atoms with Gasteiger partial charge >= 0.3 is 0 Å². The second-order valence-electron chi connectivity index (χ2n) is 5.56. The molecule has 0 aliphatic rings. The van der Waals surface area contributed by atoms with E-state index >= 15 is 0 Å². The van der Waals surface area contributed by atoms with Crippen LogP contribution in [0.4, 0.5) is 0 Å². The van der Waals surface area contributed by atoms with E-state index in [4.69, 9.17) is 5.73 Å². The van der Waals surface area contributed by atoms with Crippen molar-refractivity contribution in [1.82, 2.24) is 10.2 Å². The Morgan fingerprint density at radius 2 is 1.86 bits per heavy atom. The minimum atomic E-state index is -0.412. The van der Waals surface area contributed by atoms with Crippen molar-refractivity contribution in [1.29, 1.82) is 0 Å². The van der Waals surface area contributed by atoms with Gasteiger partial charge in [-0.15, -0.1) is 24.8 Å². The normalized spacial score (nSPS) is 11.6. The van der Waals surface area contributed by atoms with Crippen LogP contribution >= 0.6 is 24.8 Å². The van der Waals surface area contributed by atoms with Crippen molar-refractivity contribution in [3.8, 4) is 0 Å². The molecular formula is C16H29Cl2N3O. The van der Waals surface area contributed by atoms with Crippen LogP contribution in [-0.2, 0) is 17.9 Å². The van der Waals surface area contributed by atoms with Gasteiger partial charge in [0.15, 0.2) is 0 Å². The maximum Gasteiger partial charge on any atom is 0.237 e. The van der Waals surface area contributed by atoms with Gasteiger partial charge in [0.1, 0.15) is 0 Å². The number of nitrogens with two attached hydrogens (primary N) is 1. The predicted molar refractivity (Wildman–Crippen MR) is 97.7 cm³/mol. The average Bonchev–Trinajstić information content (AvgIpc) is 2.44. The number of nitrogens with one attached hydrogen (secondary N) is 1. The number of halogens is 2. The fraction of sp³-hybridized carbons (Fsp3) is 0.562. The van der Waals surface area contributed by atoms with Gasteiger partial charge < -0.3 is 11.1 Å². The molecule has 1 aromatic carbocycles. The van der Waals surface area contributed by atoms with Crippen molar-refractivity contribution < 1.29 is 4.79 Å². The number of hydrogen-bond donors (Lipinski definition) is 2. The molecule has 22 heavy (non-hydrogen) atoms. The van der Waals surface area contributed by atoms with Crippen LogP contribution in [0.2, 0.25) is 0 Å². The first-order valence-electron chi connectivity index (χ1n) is 7.25. The lowest BCUT2D eigenvalue weighted by Gasteiger charge is -2.21. The third-order valence-corrected chi connectivity index (χ3v) is 3.55. The highest BCUT2D eigenvalue weighted by Crippen LogP contribution is 2.09. The smallest absolute Gasteiger partial charge is 0.237 e. The molecule has 1 atom stereocenters. The zero-order chi connectivity index (χ0) is 15.1. The fourth-order valence-corrected chi connectivity index (χ4v) is 1.81. The molecule has 0 bridgehead atoms. The van der Waals surface area contributed by atoms with E-state index < -0.39 is 6.04 Å². The molecule has 0 aromatic heterocycles. The summed E-state index contributed by atoms with van der Waals surface area (Å²) in [7, 11) is 2.11. The van der Waals surface area contributed by atoms with E-state index in [0.717, 1.165) is 12.1 Å². The van der Waals surface area contributed by atoms with E-state index in [0.29, 0.717) is 19.0 Å². The van der Waals surface area contributed by atoms with Crippen LogP contribution in [-0.4, -0.2) is 29.9 Å². The first-order valence-corrected chi connectivity index (χ1v) is 7.25. The van der Waals surface area contributed by atoms with Crippen LogP contribution in [0, 0.1) is 0 Å². The fourth-order valence-electron chi connectivity index (χ4n) is 1.81. The highest BCUT2D eigenvalue weighted by atomic mass is 35.5. The molecule has 3 N–H and O–H groups in total. The highest BCUT2D eigenvalue weighted by Gasteiger charge is 2.10. The van der Waals surface area contributed by atoms with Crippen LogP contribution in [0.3, 0.4) is 0 Å². The summed E-state index contributed by atoms with van der Waals surface area (Å²) >= 11 is 0. The van der Waals surface area contributed by atoms with Crippen molar-refractivity contribution in [2.24, 2.45) is 5.73 Å². The van der Waals surface area contributed by atoms with Gasteiger partial charge in [-0.1, -0.05) is 31.2 Å². The molecule has 0 saturated heterocycles. The maximum absolute atomic E-state index is 11.7. The first-order chi connectivity index (χ1) is 9.43. The number of rotatable bonds is 7. The van der Waals surface area contributed by atoms with Crippen molar-refractivity contribution in [3.05, 3.63) is 35.4 Å². The topological polar surface area (TPSA) is 58.4 Å². The van der Waals surface area contributed by atoms with Crippen LogP contribution < -0.4 is 11.1 Å². The zero-order valence-electron chi connectivity index (χ0n) is 13.8. The number of carbonyl (C=O) groups is 1. The molecule has 1 aromatic rings. The lowest BCUT2D eigenvalue weighted by molar-refractivity contribution is -0.122. The summed E-state index contributed by atoms with van der Waals surface area (Å²) in [4.78, 5) is 13.9. The summed E-state index contributed by atoms with van der Waals surface area (Å²) in [5.41, 5.74) is 8.06. The molecule has 0 spiro atoms. The number of carbonyl (C=O) groups excluding carboxylic acids is 1. The molecule has 4 nitrogen and oxygen atoms in total. The van der Waals surface area contributed by atoms with Gasteiger partial charge in [-0.3, -0.25) is 9.69 Å². The van der Waals surface area contributed by atoms with Crippen molar-refractivity contribution in [2.75, 3.05) is 7.05 Å². The Balaban J connectivity index is 0. The SMILES string of the molecule is CC[C@H](N)C(=O)NCc1cccc(CN(C)C(C)C)c1.Cl.Cl. The van der Waals surface area contributed by atoms with Gasteiger partial charge in [0.25, 0.3) is 0 Å². The van der Waals surface area contributed by atoms with Gasteiger partial charge in [0.05, 0.1) is 6.04 Å². The summed E-state index contributed by atoms with van der Waals surface area (Å²) in [6.45, 7) is 7.71. The second kappa shape index (κ2) is 11.7. The lowest BCUT2D eigenvalue weighted by atomic mass is 10.1. The third kappa shape index (κ3) is 7.99. The number of benzene rings is 1. The molecule has 0 saturated carbocycles. The minimum absolute atomic E-state index is 0. The Hall–Kier alpha value is -0.810. The molecule has 0 unspecified atom stereocenters. The van der Waals surface area contributed by atoms with E-state index in [1.54, 1.807) is 0 Å². The first kappa shape index (κ1) is 23.5. The van der Waals surface area contributed by atoms with Gasteiger partial charge in [0.2, 0.25) is 5.91 Å². The summed E-state index contributed by atoms with van der Waals surface area (Å²) in [6.07, 6.45) is 0.658. The molecular weight excluding hydrogens is 321 g/mol. The molecule has 6 heteroatoms. The molecule has 1 amide bonds. The Morgan fingerprint density at radius 3 is 2.41 bits per heavy atom. The Morgan fingerprint density at radius 1 is 1.27 bits per heavy atom. The average molecular weight is 350 g/mol. The predicted octanol–water partition coefficient (Wildman–Crippen LogP) is 2.72. The molecule has 0 fully saturated rings. The lowest BCUT2D eigenvalue weighted by Crippen LogP contribution is -2.39. The van der Waals surface area contributed by atoms with Gasteiger partial charge in [-0.25, -0.2) is 0 Å². The summed E-state index contributed by atoms with van der Waals surface area (Å²) in [5, 5.41) is 2.88. The van der Waals surface area contributed by atoms with Crippen LogP contribution in [0.25, 0.3) is 0 Å². The molecule has 0 radical (unpaired) electrons. The molecule has 0 aliphatic carbocycles. The van der Waals surface area contributed by atoms with Crippen LogP contribution in [0.15, 0.2) is 24.3 Å². The van der Waals surface area contributed by atoms with E-state index in [9.17, 15) is 4.79 Å². The van der Waals surface area contributed by atoms with Crippen LogP contribution in [0.5, 0.6) is 0 Å². The third-order valence-electron chi connectivity index (χ3n) is 3.55. The van der Waals surface area contributed by atoms with E-state index in [1.807, 2.05) is 19.1 Å². The van der Waals surface area contributed by atoms with Crippen molar-refractivity contribution >= 4 is 30.7 Å². The molecule has 0 aliphatic heterocycles. The molecule has 128 valence electrons. The highest BCUT2D eigenvalue weighted by molar-refractivity contribution is 5.85. The standard InChI is InChI=1S/C16H27N3O.2ClH/c1-5-15(17)16(20)18-10-13-7-6-8-14(9-13)11-19(4)12(2)3;;/h6-9,12,15H,5,10-11,17H2,1-4H3,(H,18,20);2*1H/t15-;;/m0../s1. The Labute approximate surface area is 146 Å². The van der Waals surface area contributed by atoms with E-state index in [-0.39, 0.29) is 30.7 Å². The Kier molecular flexibility index (Phi) is 12.5. The minimum Gasteiger partial charge on any atom is -0.351 e. The van der Waals surface area contributed by atoms with E-state index in [2.05, 4.69) is 43.2 Å². The summed E-state index contributed by atoms with van der Waals surface area (Å²) in [6, 6.07) is 8.41. The monoisotopic (exact) mass is 349 g/mol. The largest absolute Gasteiger partial charge is 0.351 e. The number of nitrogens with zero attached hydrogens (tertiary/aromatic N) is 1. The van der Waals surface area contributed by atoms with Crippen LogP contribution in [0.1, 0.15) is 38.3 Å². The van der Waals surface area contributed by atoms with E-state index in [1.165, 1.54) is 5.56 Å². The Bertz CT molecular complexity index is 441. The van der Waals surface area contributed by atoms with Crippen molar-refractivity contribution in [2.45, 2.75) is 52.4 Å². The molecule has 1 rings (SSSR count). The van der Waals surface area contributed by atoms with Crippen molar-refractivity contribution in [3.63, 3.8) is 0 Å². The molecule has 0 heterocycles. The zero-order valence-corrected chi connectivity index (χ0v) is 15.5. The second-order valence-corrected chi connectivity index (χ2v) is 5.56. The van der Waals surface area contributed by atoms with Gasteiger partial charge in [-0.2, -0.15) is 0 Å². The number of amides is 1. The maximum atomic E-state index is 11.7. The van der Waals surface area contributed by atoms with Gasteiger partial charge in [0, 0.05) is 19.1 Å².